The molecule has 0 spiro atoms. The van der Waals surface area contributed by atoms with Crippen LogP contribution in [0.25, 0.3) is 0 Å². The van der Waals surface area contributed by atoms with E-state index in [2.05, 4.69) is 10.6 Å². The SMILES string of the molecule is COc1ccc2c(c1)C[C@@H](NC(=O)NCCCN1CCCC1=O)CO2. The zero-order valence-corrected chi connectivity index (χ0v) is 14.5. The number of likely N-dealkylation sites (tertiary alicyclic amines) is 1. The number of hydrogen-bond acceptors (Lipinski definition) is 4. The highest BCUT2D eigenvalue weighted by Crippen LogP contribution is 2.28. The first-order chi connectivity index (χ1) is 12.2. The van der Waals surface area contributed by atoms with Crippen LogP contribution in [0.5, 0.6) is 11.5 Å². The van der Waals surface area contributed by atoms with E-state index in [4.69, 9.17) is 9.47 Å². The molecule has 3 rings (SSSR count). The molecule has 0 saturated carbocycles. The fourth-order valence-corrected chi connectivity index (χ4v) is 3.24. The highest BCUT2D eigenvalue weighted by atomic mass is 16.5. The standard InChI is InChI=1S/C18H25N3O4/c1-24-15-5-6-16-13(11-15)10-14(12-25-16)20-18(23)19-7-3-9-21-8-2-4-17(21)22/h5-6,11,14H,2-4,7-10,12H2,1H3,(H2,19,20,23)/t14-/m1/s1. The molecule has 1 fully saturated rings. The molecule has 0 aromatic heterocycles. The largest absolute Gasteiger partial charge is 0.497 e. The van der Waals surface area contributed by atoms with Crippen LogP contribution in [0.2, 0.25) is 0 Å². The second-order valence-corrected chi connectivity index (χ2v) is 6.42. The first-order valence-electron chi connectivity index (χ1n) is 8.77. The van der Waals surface area contributed by atoms with Crippen LogP contribution >= 0.6 is 0 Å². The topological polar surface area (TPSA) is 79.9 Å². The molecule has 1 saturated heterocycles. The number of nitrogens with one attached hydrogen (secondary N) is 2. The van der Waals surface area contributed by atoms with Gasteiger partial charge in [0, 0.05) is 26.1 Å². The first kappa shape index (κ1) is 17.4. The molecular weight excluding hydrogens is 322 g/mol. The number of carbonyl (C=O) groups excluding carboxylic acids is 2. The van der Waals surface area contributed by atoms with Gasteiger partial charge in [-0.2, -0.15) is 0 Å². The third-order valence-electron chi connectivity index (χ3n) is 4.57. The lowest BCUT2D eigenvalue weighted by atomic mass is 10.0. The lowest BCUT2D eigenvalue weighted by Gasteiger charge is -2.26. The van der Waals surface area contributed by atoms with Crippen LogP contribution in [0, 0.1) is 0 Å². The van der Waals surface area contributed by atoms with E-state index in [-0.39, 0.29) is 18.0 Å². The molecule has 1 aromatic carbocycles. The van der Waals surface area contributed by atoms with Crippen molar-refractivity contribution in [1.29, 1.82) is 0 Å². The Kier molecular flexibility index (Phi) is 5.63. The maximum atomic E-state index is 12.0. The number of rotatable bonds is 6. The van der Waals surface area contributed by atoms with E-state index in [1.165, 1.54) is 0 Å². The summed E-state index contributed by atoms with van der Waals surface area (Å²) in [5, 5.41) is 5.79. The Hall–Kier alpha value is -2.44. The molecule has 7 heteroatoms. The minimum Gasteiger partial charge on any atom is -0.497 e. The third kappa shape index (κ3) is 4.55. The summed E-state index contributed by atoms with van der Waals surface area (Å²) in [6.07, 6.45) is 3.07. The number of benzene rings is 1. The van der Waals surface area contributed by atoms with Crippen LogP contribution in [0.15, 0.2) is 18.2 Å². The van der Waals surface area contributed by atoms with Crippen molar-refractivity contribution < 1.29 is 19.1 Å². The van der Waals surface area contributed by atoms with E-state index in [1.54, 1.807) is 7.11 Å². The summed E-state index contributed by atoms with van der Waals surface area (Å²) in [4.78, 5) is 25.4. The van der Waals surface area contributed by atoms with Crippen LogP contribution in [0.1, 0.15) is 24.8 Å². The van der Waals surface area contributed by atoms with Gasteiger partial charge >= 0.3 is 6.03 Å². The summed E-state index contributed by atoms with van der Waals surface area (Å²) in [7, 11) is 1.63. The molecule has 2 heterocycles. The summed E-state index contributed by atoms with van der Waals surface area (Å²) in [6.45, 7) is 2.55. The van der Waals surface area contributed by atoms with E-state index in [9.17, 15) is 9.59 Å². The summed E-state index contributed by atoms with van der Waals surface area (Å²) in [5.41, 5.74) is 1.03. The number of methoxy groups -OCH3 is 1. The van der Waals surface area contributed by atoms with Crippen molar-refractivity contribution in [3.05, 3.63) is 23.8 Å². The number of fused-ring (bicyclic) bond motifs is 1. The molecule has 0 unspecified atom stereocenters. The lowest BCUT2D eigenvalue weighted by Crippen LogP contribution is -2.47. The van der Waals surface area contributed by atoms with Gasteiger partial charge in [-0.05, 0) is 43.0 Å². The van der Waals surface area contributed by atoms with Crippen molar-refractivity contribution in [2.45, 2.75) is 31.7 Å². The molecule has 0 aliphatic carbocycles. The summed E-state index contributed by atoms with van der Waals surface area (Å²) in [5.74, 6) is 1.84. The lowest BCUT2D eigenvalue weighted by molar-refractivity contribution is -0.127. The van der Waals surface area contributed by atoms with Crippen LogP contribution in [-0.2, 0) is 11.2 Å². The second kappa shape index (κ2) is 8.09. The number of urea groups is 1. The van der Waals surface area contributed by atoms with Crippen molar-refractivity contribution in [2.24, 2.45) is 0 Å². The van der Waals surface area contributed by atoms with Crippen molar-refractivity contribution in [3.8, 4) is 11.5 Å². The van der Waals surface area contributed by atoms with Gasteiger partial charge in [0.1, 0.15) is 18.1 Å². The normalized spacial score (nSPS) is 19.2. The van der Waals surface area contributed by atoms with E-state index in [0.717, 1.165) is 36.4 Å². The zero-order chi connectivity index (χ0) is 17.6. The van der Waals surface area contributed by atoms with Crippen molar-refractivity contribution in [3.63, 3.8) is 0 Å². The quantitative estimate of drug-likeness (QED) is 0.761. The van der Waals surface area contributed by atoms with Crippen molar-refractivity contribution in [2.75, 3.05) is 33.4 Å². The molecule has 25 heavy (non-hydrogen) atoms. The molecule has 136 valence electrons. The average molecular weight is 347 g/mol. The van der Waals surface area contributed by atoms with Crippen LogP contribution in [-0.4, -0.2) is 56.2 Å². The predicted octanol–water partition coefficient (Wildman–Crippen LogP) is 1.31. The Bertz CT molecular complexity index is 635. The van der Waals surface area contributed by atoms with Gasteiger partial charge in [-0.3, -0.25) is 4.79 Å². The van der Waals surface area contributed by atoms with E-state index >= 15 is 0 Å². The van der Waals surface area contributed by atoms with Crippen LogP contribution in [0.4, 0.5) is 4.79 Å². The third-order valence-corrected chi connectivity index (χ3v) is 4.57. The maximum Gasteiger partial charge on any atom is 0.315 e. The molecule has 2 aliphatic rings. The van der Waals surface area contributed by atoms with Crippen molar-refractivity contribution >= 4 is 11.9 Å². The van der Waals surface area contributed by atoms with Gasteiger partial charge in [0.05, 0.1) is 13.2 Å². The molecule has 2 N–H and O–H groups in total. The average Bonchev–Trinajstić information content (AvgIpc) is 3.03. The maximum absolute atomic E-state index is 12.0. The van der Waals surface area contributed by atoms with E-state index in [1.807, 2.05) is 23.1 Å². The fraction of sp³-hybridized carbons (Fsp3) is 0.556. The number of carbonyl (C=O) groups is 2. The van der Waals surface area contributed by atoms with E-state index in [0.29, 0.717) is 32.5 Å². The molecule has 1 aromatic rings. The molecule has 3 amide bonds. The Labute approximate surface area is 147 Å². The second-order valence-electron chi connectivity index (χ2n) is 6.42. The van der Waals surface area contributed by atoms with E-state index < -0.39 is 0 Å². The Morgan fingerprint density at radius 3 is 3.08 bits per heavy atom. The van der Waals surface area contributed by atoms with Crippen molar-refractivity contribution in [1.82, 2.24) is 15.5 Å². The minimum absolute atomic E-state index is 0.0697. The van der Waals surface area contributed by atoms with Crippen LogP contribution < -0.4 is 20.1 Å². The van der Waals surface area contributed by atoms with Gasteiger partial charge in [-0.1, -0.05) is 0 Å². The summed E-state index contributed by atoms with van der Waals surface area (Å²) in [6, 6.07) is 5.43. The number of hydrogen-bond donors (Lipinski definition) is 2. The highest BCUT2D eigenvalue weighted by Gasteiger charge is 2.22. The monoisotopic (exact) mass is 347 g/mol. The van der Waals surface area contributed by atoms with Gasteiger partial charge in [0.15, 0.2) is 0 Å². The number of nitrogens with zero attached hydrogens (tertiary/aromatic N) is 1. The van der Waals surface area contributed by atoms with Gasteiger partial charge in [-0.25, -0.2) is 4.79 Å². The highest BCUT2D eigenvalue weighted by molar-refractivity contribution is 5.78. The predicted molar refractivity (Wildman–Crippen MR) is 92.9 cm³/mol. The van der Waals surface area contributed by atoms with Gasteiger partial charge in [0.25, 0.3) is 0 Å². The molecular formula is C18H25N3O4. The number of ether oxygens (including phenoxy) is 2. The smallest absolute Gasteiger partial charge is 0.315 e. The molecule has 0 radical (unpaired) electrons. The van der Waals surface area contributed by atoms with Crippen LogP contribution in [0.3, 0.4) is 0 Å². The molecule has 7 nitrogen and oxygen atoms in total. The molecule has 1 atom stereocenters. The van der Waals surface area contributed by atoms with Gasteiger partial charge in [0.2, 0.25) is 5.91 Å². The molecule has 2 aliphatic heterocycles. The Morgan fingerprint density at radius 1 is 1.44 bits per heavy atom. The Balaban J connectivity index is 1.38. The fourth-order valence-electron chi connectivity index (χ4n) is 3.24. The minimum atomic E-state index is -0.201. The van der Waals surface area contributed by atoms with Gasteiger partial charge in [-0.15, -0.1) is 0 Å². The number of amides is 3. The Morgan fingerprint density at radius 2 is 2.32 bits per heavy atom. The zero-order valence-electron chi connectivity index (χ0n) is 14.5. The summed E-state index contributed by atoms with van der Waals surface area (Å²) < 4.78 is 10.9. The van der Waals surface area contributed by atoms with Gasteiger partial charge < -0.3 is 25.0 Å². The first-order valence-corrected chi connectivity index (χ1v) is 8.77. The molecule has 0 bridgehead atoms. The summed E-state index contributed by atoms with van der Waals surface area (Å²) >= 11 is 0.